The second-order valence-electron chi connectivity index (χ2n) is 7.42. The number of hydrogen-bond donors (Lipinski definition) is 3. The van der Waals surface area contributed by atoms with Crippen molar-refractivity contribution < 1.29 is 17.9 Å². The number of carbonyl (C=O) groups is 1. The molecule has 1 amide bonds. The lowest BCUT2D eigenvalue weighted by molar-refractivity contribution is 0.0904. The van der Waals surface area contributed by atoms with Gasteiger partial charge in [0.15, 0.2) is 5.65 Å². The maximum absolute atomic E-state index is 13.2. The Morgan fingerprint density at radius 3 is 2.75 bits per heavy atom. The summed E-state index contributed by atoms with van der Waals surface area (Å²) in [5, 5.41) is 16.5. The van der Waals surface area contributed by atoms with Crippen LogP contribution in [0, 0.1) is 0 Å². The van der Waals surface area contributed by atoms with Gasteiger partial charge in [-0.05, 0) is 38.0 Å². The summed E-state index contributed by atoms with van der Waals surface area (Å²) in [5.41, 5.74) is 1.85. The number of rotatable bonds is 6. The Morgan fingerprint density at radius 2 is 2.06 bits per heavy atom. The summed E-state index contributed by atoms with van der Waals surface area (Å²) in [7, 11) is -4.04. The summed E-state index contributed by atoms with van der Waals surface area (Å²) >= 11 is 5.94. The predicted octanol–water partition coefficient (Wildman–Crippen LogP) is 2.60. The van der Waals surface area contributed by atoms with Crippen molar-refractivity contribution in [3.05, 3.63) is 41.2 Å². The van der Waals surface area contributed by atoms with E-state index in [1.54, 1.807) is 10.9 Å². The van der Waals surface area contributed by atoms with E-state index >= 15 is 0 Å². The minimum atomic E-state index is -4.04. The van der Waals surface area contributed by atoms with Crippen LogP contribution in [-0.2, 0) is 21.3 Å². The number of ether oxygens (including phenoxy) is 1. The molecule has 32 heavy (non-hydrogen) atoms. The molecule has 1 aromatic carbocycles. The number of carbonyl (C=O) groups excluding carboxylic acids is 1. The third-order valence-corrected chi connectivity index (χ3v) is 6.67. The summed E-state index contributed by atoms with van der Waals surface area (Å²) < 4.78 is 30.7. The zero-order valence-corrected chi connectivity index (χ0v) is 18.9. The lowest BCUT2D eigenvalue weighted by Gasteiger charge is -2.25. The van der Waals surface area contributed by atoms with Gasteiger partial charge >= 0.3 is 0 Å². The number of nitrogens with two attached hydrogens (primary N) is 1. The van der Waals surface area contributed by atoms with Crippen molar-refractivity contribution in [2.45, 2.75) is 37.2 Å². The van der Waals surface area contributed by atoms with E-state index in [0.717, 1.165) is 18.2 Å². The van der Waals surface area contributed by atoms with Crippen LogP contribution in [0.25, 0.3) is 11.0 Å². The molecule has 0 unspecified atom stereocenters. The second kappa shape index (κ2) is 9.02. The maximum Gasteiger partial charge on any atom is 0.259 e. The first kappa shape index (κ1) is 22.5. The Bertz CT molecular complexity index is 1270. The van der Waals surface area contributed by atoms with Crippen molar-refractivity contribution in [1.82, 2.24) is 14.8 Å². The molecule has 1 aliphatic rings. The summed E-state index contributed by atoms with van der Waals surface area (Å²) in [6.45, 7) is 3.88. The van der Waals surface area contributed by atoms with E-state index < -0.39 is 15.9 Å². The highest BCUT2D eigenvalue weighted by Crippen LogP contribution is 2.30. The van der Waals surface area contributed by atoms with Gasteiger partial charge in [0.25, 0.3) is 5.91 Å². The average molecular weight is 479 g/mol. The Morgan fingerprint density at radius 1 is 1.31 bits per heavy atom. The molecule has 3 heterocycles. The fourth-order valence-electron chi connectivity index (χ4n) is 3.63. The maximum atomic E-state index is 13.2. The van der Waals surface area contributed by atoms with Gasteiger partial charge in [0.2, 0.25) is 10.0 Å². The van der Waals surface area contributed by atoms with E-state index in [2.05, 4.69) is 20.7 Å². The number of primary sulfonamides is 1. The molecule has 1 aliphatic heterocycles. The molecule has 0 radical (unpaired) electrons. The Labute approximate surface area is 190 Å². The number of anilines is 2. The normalized spacial score (nSPS) is 15.1. The Balaban J connectivity index is 1.71. The number of amides is 1. The Kier molecular flexibility index (Phi) is 6.33. The molecule has 2 aromatic heterocycles. The van der Waals surface area contributed by atoms with Gasteiger partial charge in [0.1, 0.15) is 4.90 Å². The van der Waals surface area contributed by atoms with Gasteiger partial charge in [0, 0.05) is 37.7 Å². The third-order valence-electron chi connectivity index (χ3n) is 5.28. The molecule has 12 heteroatoms. The first-order valence-electron chi connectivity index (χ1n) is 10.1. The first-order valence-corrected chi connectivity index (χ1v) is 12.0. The van der Waals surface area contributed by atoms with E-state index in [4.69, 9.17) is 21.5 Å². The molecule has 0 saturated carbocycles. The van der Waals surface area contributed by atoms with Crippen LogP contribution in [0.3, 0.4) is 0 Å². The van der Waals surface area contributed by atoms with Gasteiger partial charge in [-0.2, -0.15) is 5.10 Å². The van der Waals surface area contributed by atoms with E-state index in [-0.39, 0.29) is 21.6 Å². The standard InChI is InChI=1S/C20H23ClN6O4S/c1-2-27-19-14(11-24-27)18(25-12-5-7-31-8-6-12)15(10-23-19)20(28)26-13-3-4-16(21)17(9-13)32(22,29)30/h3-4,9-12H,2,5-8H2,1H3,(H,23,25)(H,26,28)(H2,22,29,30). The van der Waals surface area contributed by atoms with Gasteiger partial charge in [-0.25, -0.2) is 23.2 Å². The number of sulfonamides is 1. The number of fused-ring (bicyclic) bond motifs is 1. The van der Waals surface area contributed by atoms with Crippen molar-refractivity contribution in [1.29, 1.82) is 0 Å². The van der Waals surface area contributed by atoms with Crippen LogP contribution in [-0.4, -0.2) is 48.3 Å². The zero-order valence-electron chi connectivity index (χ0n) is 17.3. The van der Waals surface area contributed by atoms with Crippen molar-refractivity contribution in [3.8, 4) is 0 Å². The smallest absolute Gasteiger partial charge is 0.259 e. The number of pyridine rings is 1. The molecular formula is C20H23ClN6O4S. The van der Waals surface area contributed by atoms with Gasteiger partial charge < -0.3 is 15.4 Å². The number of benzene rings is 1. The minimum Gasteiger partial charge on any atom is -0.381 e. The topological polar surface area (TPSA) is 141 Å². The molecule has 0 bridgehead atoms. The quantitative estimate of drug-likeness (QED) is 0.494. The molecule has 0 spiro atoms. The lowest BCUT2D eigenvalue weighted by Crippen LogP contribution is -2.29. The van der Waals surface area contributed by atoms with Crippen molar-refractivity contribution >= 4 is 49.9 Å². The molecule has 3 aromatic rings. The van der Waals surface area contributed by atoms with E-state index in [1.165, 1.54) is 24.4 Å². The third kappa shape index (κ3) is 4.56. The molecule has 4 rings (SSSR count). The SMILES string of the molecule is CCn1ncc2c(NC3CCOCC3)c(C(=O)Nc3ccc(Cl)c(S(N)(=O)=O)c3)cnc21. The monoisotopic (exact) mass is 478 g/mol. The predicted molar refractivity (Wildman–Crippen MR) is 121 cm³/mol. The number of nitrogens with one attached hydrogen (secondary N) is 2. The molecule has 0 aliphatic carbocycles. The molecule has 1 fully saturated rings. The fourth-order valence-corrected chi connectivity index (χ4v) is 4.70. The highest BCUT2D eigenvalue weighted by molar-refractivity contribution is 7.89. The summed E-state index contributed by atoms with van der Waals surface area (Å²) in [6.07, 6.45) is 4.79. The van der Waals surface area contributed by atoms with Crippen LogP contribution < -0.4 is 15.8 Å². The number of nitrogens with zero attached hydrogens (tertiary/aromatic N) is 3. The number of hydrogen-bond acceptors (Lipinski definition) is 7. The zero-order chi connectivity index (χ0) is 22.9. The highest BCUT2D eigenvalue weighted by Gasteiger charge is 2.23. The molecule has 170 valence electrons. The fraction of sp³-hybridized carbons (Fsp3) is 0.350. The van der Waals surface area contributed by atoms with Crippen LogP contribution in [0.4, 0.5) is 11.4 Å². The van der Waals surface area contributed by atoms with Crippen LogP contribution in [0.5, 0.6) is 0 Å². The van der Waals surface area contributed by atoms with Gasteiger partial charge in [-0.15, -0.1) is 0 Å². The van der Waals surface area contributed by atoms with E-state index in [0.29, 0.717) is 36.7 Å². The molecular weight excluding hydrogens is 456 g/mol. The van der Waals surface area contributed by atoms with Crippen LogP contribution >= 0.6 is 11.6 Å². The van der Waals surface area contributed by atoms with E-state index in [9.17, 15) is 13.2 Å². The highest BCUT2D eigenvalue weighted by atomic mass is 35.5. The minimum absolute atomic E-state index is 0.0255. The van der Waals surface area contributed by atoms with Gasteiger partial charge in [-0.3, -0.25) is 4.79 Å². The molecule has 4 N–H and O–H groups in total. The molecule has 0 atom stereocenters. The number of aryl methyl sites for hydroxylation is 1. The Hall–Kier alpha value is -2.73. The van der Waals surface area contributed by atoms with Crippen LogP contribution in [0.15, 0.2) is 35.5 Å². The van der Waals surface area contributed by atoms with Crippen LogP contribution in [0.2, 0.25) is 5.02 Å². The molecule has 10 nitrogen and oxygen atoms in total. The summed E-state index contributed by atoms with van der Waals surface area (Å²) in [5.74, 6) is -0.458. The van der Waals surface area contributed by atoms with Crippen LogP contribution in [0.1, 0.15) is 30.1 Å². The number of halogens is 1. The van der Waals surface area contributed by atoms with Crippen molar-refractivity contribution in [3.63, 3.8) is 0 Å². The summed E-state index contributed by atoms with van der Waals surface area (Å²) in [4.78, 5) is 17.4. The van der Waals surface area contributed by atoms with Crippen molar-refractivity contribution in [2.24, 2.45) is 5.14 Å². The largest absolute Gasteiger partial charge is 0.381 e. The van der Waals surface area contributed by atoms with Gasteiger partial charge in [-0.1, -0.05) is 11.6 Å². The van der Waals surface area contributed by atoms with Gasteiger partial charge in [0.05, 0.1) is 27.9 Å². The van der Waals surface area contributed by atoms with Crippen molar-refractivity contribution in [2.75, 3.05) is 23.8 Å². The summed E-state index contributed by atoms with van der Waals surface area (Å²) in [6, 6.07) is 4.23. The average Bonchev–Trinajstić information content (AvgIpc) is 3.19. The number of aromatic nitrogens is 3. The first-order chi connectivity index (χ1) is 15.3. The van der Waals surface area contributed by atoms with E-state index in [1.807, 2.05) is 6.92 Å². The lowest BCUT2D eigenvalue weighted by atomic mass is 10.1. The second-order valence-corrected chi connectivity index (χ2v) is 9.36. The molecule has 1 saturated heterocycles.